The van der Waals surface area contributed by atoms with Gasteiger partial charge in [-0.1, -0.05) is 30.3 Å². The SMILES string of the molecule is O=S(=O)(c1cccc2cccnc12)N1Cc2cccc(N3CCNCC3)c2C1. The van der Waals surface area contributed by atoms with Crippen molar-refractivity contribution in [2.24, 2.45) is 0 Å². The molecule has 1 saturated heterocycles. The fourth-order valence-electron chi connectivity index (χ4n) is 4.17. The van der Waals surface area contributed by atoms with E-state index in [4.69, 9.17) is 0 Å². The van der Waals surface area contributed by atoms with Gasteiger partial charge in [-0.2, -0.15) is 4.31 Å². The summed E-state index contributed by atoms with van der Waals surface area (Å²) in [5, 5.41) is 4.20. The van der Waals surface area contributed by atoms with E-state index in [9.17, 15) is 8.42 Å². The number of anilines is 1. The topological polar surface area (TPSA) is 65.5 Å². The van der Waals surface area contributed by atoms with Gasteiger partial charge in [0, 0.05) is 56.5 Å². The van der Waals surface area contributed by atoms with Crippen LogP contribution in [-0.4, -0.2) is 43.9 Å². The molecule has 0 aliphatic carbocycles. The number of sulfonamides is 1. The van der Waals surface area contributed by atoms with Crippen molar-refractivity contribution < 1.29 is 8.42 Å². The molecule has 0 atom stereocenters. The van der Waals surface area contributed by atoms with E-state index in [0.717, 1.165) is 48.4 Å². The molecule has 0 radical (unpaired) electrons. The smallest absolute Gasteiger partial charge is 0.245 e. The van der Waals surface area contributed by atoms with E-state index in [1.54, 1.807) is 22.6 Å². The normalized spacial score (nSPS) is 17.8. The molecule has 2 aliphatic rings. The van der Waals surface area contributed by atoms with E-state index < -0.39 is 10.0 Å². The Kier molecular flexibility index (Phi) is 4.30. The molecule has 144 valence electrons. The summed E-state index contributed by atoms with van der Waals surface area (Å²) in [6.45, 7) is 4.59. The number of hydrogen-bond donors (Lipinski definition) is 1. The fraction of sp³-hybridized carbons (Fsp3) is 0.286. The molecule has 1 N–H and O–H groups in total. The zero-order chi connectivity index (χ0) is 19.1. The number of rotatable bonds is 3. The van der Waals surface area contributed by atoms with Crippen LogP contribution in [0.25, 0.3) is 10.9 Å². The molecule has 1 aromatic heterocycles. The van der Waals surface area contributed by atoms with E-state index in [1.165, 1.54) is 0 Å². The minimum atomic E-state index is -3.64. The van der Waals surface area contributed by atoms with E-state index in [1.807, 2.05) is 30.3 Å². The number of aromatic nitrogens is 1. The van der Waals surface area contributed by atoms with Gasteiger partial charge >= 0.3 is 0 Å². The molecular formula is C21H22N4O2S. The molecule has 1 fully saturated rings. The number of fused-ring (bicyclic) bond motifs is 2. The van der Waals surface area contributed by atoms with Crippen LogP contribution < -0.4 is 10.2 Å². The van der Waals surface area contributed by atoms with Crippen molar-refractivity contribution in [2.75, 3.05) is 31.1 Å². The van der Waals surface area contributed by atoms with Gasteiger partial charge in [0.25, 0.3) is 0 Å². The second kappa shape index (κ2) is 6.84. The zero-order valence-electron chi connectivity index (χ0n) is 15.5. The fourth-order valence-corrected chi connectivity index (χ4v) is 5.72. The molecule has 0 amide bonds. The van der Waals surface area contributed by atoms with Crippen molar-refractivity contribution in [2.45, 2.75) is 18.0 Å². The number of benzene rings is 2. The van der Waals surface area contributed by atoms with Crippen molar-refractivity contribution in [3.63, 3.8) is 0 Å². The third kappa shape index (κ3) is 2.87. The highest BCUT2D eigenvalue weighted by Crippen LogP contribution is 2.36. The first kappa shape index (κ1) is 17.6. The Bertz CT molecular complexity index is 1130. The third-order valence-corrected chi connectivity index (χ3v) is 7.42. The molecule has 7 heteroatoms. The van der Waals surface area contributed by atoms with Crippen LogP contribution in [0.2, 0.25) is 0 Å². The van der Waals surface area contributed by atoms with Crippen molar-refractivity contribution in [1.82, 2.24) is 14.6 Å². The number of hydrogen-bond acceptors (Lipinski definition) is 5. The quantitative estimate of drug-likeness (QED) is 0.739. The summed E-state index contributed by atoms with van der Waals surface area (Å²) < 4.78 is 28.5. The summed E-state index contributed by atoms with van der Waals surface area (Å²) in [5.74, 6) is 0. The lowest BCUT2D eigenvalue weighted by Gasteiger charge is -2.31. The summed E-state index contributed by atoms with van der Waals surface area (Å²) in [4.78, 5) is 6.97. The lowest BCUT2D eigenvalue weighted by molar-refractivity contribution is 0.432. The van der Waals surface area contributed by atoms with Gasteiger partial charge < -0.3 is 10.2 Å². The van der Waals surface area contributed by atoms with Crippen LogP contribution in [0.15, 0.2) is 59.6 Å². The minimum absolute atomic E-state index is 0.280. The molecule has 3 aromatic rings. The van der Waals surface area contributed by atoms with E-state index in [0.29, 0.717) is 18.6 Å². The van der Waals surface area contributed by atoms with Gasteiger partial charge in [0.15, 0.2) is 0 Å². The van der Waals surface area contributed by atoms with Crippen molar-refractivity contribution in [1.29, 1.82) is 0 Å². The zero-order valence-corrected chi connectivity index (χ0v) is 16.3. The van der Waals surface area contributed by atoms with Gasteiger partial charge in [0.2, 0.25) is 10.0 Å². The average Bonchev–Trinajstić information content (AvgIpc) is 3.19. The van der Waals surface area contributed by atoms with Gasteiger partial charge in [-0.3, -0.25) is 4.98 Å². The van der Waals surface area contributed by atoms with Gasteiger partial charge in [0.1, 0.15) is 4.90 Å². The number of piperazine rings is 1. The van der Waals surface area contributed by atoms with Gasteiger partial charge in [-0.25, -0.2) is 8.42 Å². The maximum atomic E-state index is 13.5. The number of nitrogens with zero attached hydrogens (tertiary/aromatic N) is 3. The molecule has 2 aliphatic heterocycles. The molecule has 28 heavy (non-hydrogen) atoms. The first-order valence-electron chi connectivity index (χ1n) is 9.55. The Hall–Kier alpha value is -2.48. The summed E-state index contributed by atoms with van der Waals surface area (Å²) in [5.41, 5.74) is 3.91. The highest BCUT2D eigenvalue weighted by Gasteiger charge is 2.34. The molecule has 3 heterocycles. The molecule has 0 saturated carbocycles. The molecule has 0 spiro atoms. The summed E-state index contributed by atoms with van der Waals surface area (Å²) in [6.07, 6.45) is 1.64. The monoisotopic (exact) mass is 394 g/mol. The van der Waals surface area contributed by atoms with Crippen LogP contribution in [0.3, 0.4) is 0 Å². The van der Waals surface area contributed by atoms with Gasteiger partial charge in [-0.05, 0) is 29.3 Å². The Morgan fingerprint density at radius 3 is 2.57 bits per heavy atom. The third-order valence-electron chi connectivity index (χ3n) is 5.60. The molecule has 5 rings (SSSR count). The summed E-state index contributed by atoms with van der Waals surface area (Å²) in [7, 11) is -3.64. The number of nitrogens with one attached hydrogen (secondary N) is 1. The van der Waals surface area contributed by atoms with E-state index in [-0.39, 0.29) is 4.90 Å². The Balaban J connectivity index is 1.52. The molecule has 0 unspecified atom stereocenters. The Morgan fingerprint density at radius 1 is 0.929 bits per heavy atom. The van der Waals surface area contributed by atoms with Crippen LogP contribution in [0, 0.1) is 0 Å². The maximum absolute atomic E-state index is 13.5. The second-order valence-corrected chi connectivity index (χ2v) is 9.16. The predicted octanol–water partition coefficient (Wildman–Crippen LogP) is 2.35. The van der Waals surface area contributed by atoms with Crippen molar-refractivity contribution in [3.8, 4) is 0 Å². The van der Waals surface area contributed by atoms with Crippen LogP contribution in [0.1, 0.15) is 11.1 Å². The highest BCUT2D eigenvalue weighted by molar-refractivity contribution is 7.89. The lowest BCUT2D eigenvalue weighted by Crippen LogP contribution is -2.44. The van der Waals surface area contributed by atoms with Crippen LogP contribution in [-0.2, 0) is 23.1 Å². The molecule has 6 nitrogen and oxygen atoms in total. The van der Waals surface area contributed by atoms with Crippen LogP contribution in [0.5, 0.6) is 0 Å². The van der Waals surface area contributed by atoms with E-state index in [2.05, 4.69) is 21.3 Å². The average molecular weight is 395 g/mol. The first-order valence-corrected chi connectivity index (χ1v) is 11.0. The van der Waals surface area contributed by atoms with Gasteiger partial charge in [-0.15, -0.1) is 0 Å². The van der Waals surface area contributed by atoms with Crippen LogP contribution in [0.4, 0.5) is 5.69 Å². The maximum Gasteiger partial charge on any atom is 0.245 e. The van der Waals surface area contributed by atoms with Gasteiger partial charge in [0.05, 0.1) is 5.52 Å². The Labute approximate surface area is 164 Å². The largest absolute Gasteiger partial charge is 0.369 e. The summed E-state index contributed by atoms with van der Waals surface area (Å²) in [6, 6.07) is 15.2. The highest BCUT2D eigenvalue weighted by atomic mass is 32.2. The predicted molar refractivity (Wildman–Crippen MR) is 110 cm³/mol. The van der Waals surface area contributed by atoms with Crippen molar-refractivity contribution in [3.05, 3.63) is 65.9 Å². The standard InChI is InChI=1S/C21H22N4O2S/c26-28(27,20-8-2-4-16-6-3-9-23-21(16)20)25-14-17-5-1-7-19(18(17)15-25)24-12-10-22-11-13-24/h1-9,22H,10-15H2. The molecular weight excluding hydrogens is 372 g/mol. The second-order valence-electron chi connectivity index (χ2n) is 7.26. The lowest BCUT2D eigenvalue weighted by atomic mass is 10.1. The molecule has 2 aromatic carbocycles. The van der Waals surface area contributed by atoms with Crippen molar-refractivity contribution >= 4 is 26.6 Å². The Morgan fingerprint density at radius 2 is 1.71 bits per heavy atom. The first-order chi connectivity index (χ1) is 13.6. The van der Waals surface area contributed by atoms with E-state index >= 15 is 0 Å². The molecule has 0 bridgehead atoms. The number of para-hydroxylation sites is 1. The minimum Gasteiger partial charge on any atom is -0.369 e. The van der Waals surface area contributed by atoms with Crippen LogP contribution >= 0.6 is 0 Å². The number of pyridine rings is 1. The summed E-state index contributed by atoms with van der Waals surface area (Å²) >= 11 is 0.